The molecular formula is C57H62FN5O4Si2. The Bertz CT molecular complexity index is 2660. The molecule has 1 N–H and O–H groups in total. The van der Waals surface area contributed by atoms with Crippen molar-refractivity contribution in [3.63, 3.8) is 0 Å². The van der Waals surface area contributed by atoms with E-state index in [2.05, 4.69) is 168 Å². The topological polar surface area (TPSA) is 89.1 Å². The number of carbonyl (C=O) groups excluding carboxylic acids is 1. The van der Waals surface area contributed by atoms with Gasteiger partial charge in [-0.1, -0.05) is 181 Å². The monoisotopic (exact) mass is 955 g/mol. The van der Waals surface area contributed by atoms with Crippen LogP contribution in [0.25, 0.3) is 0 Å². The van der Waals surface area contributed by atoms with Crippen molar-refractivity contribution in [2.24, 2.45) is 0 Å². The quantitative estimate of drug-likeness (QED) is 0.115. The minimum atomic E-state index is -3.15. The van der Waals surface area contributed by atoms with Crippen LogP contribution in [0.3, 0.4) is 0 Å². The summed E-state index contributed by atoms with van der Waals surface area (Å²) in [5.74, 6) is 0.604. The lowest BCUT2D eigenvalue weighted by molar-refractivity contribution is 0.0473. The molecule has 0 bridgehead atoms. The number of hydrogen-bond donors (Lipinski definition) is 1. The second-order valence-corrected chi connectivity index (χ2v) is 28.8. The summed E-state index contributed by atoms with van der Waals surface area (Å²) in [6, 6.07) is 56.2. The van der Waals surface area contributed by atoms with Crippen molar-refractivity contribution in [2.45, 2.75) is 95.7 Å². The number of anilines is 4. The fourth-order valence-corrected chi connectivity index (χ4v) is 20.1. The molecule has 1 saturated carbocycles. The molecule has 2 heterocycles. The third-order valence-electron chi connectivity index (χ3n) is 13.8. The van der Waals surface area contributed by atoms with Crippen LogP contribution in [0.5, 0.6) is 5.75 Å². The van der Waals surface area contributed by atoms with Gasteiger partial charge in [0, 0.05) is 29.6 Å². The number of nitrogens with zero attached hydrogens (tertiary/aromatic N) is 4. The summed E-state index contributed by atoms with van der Waals surface area (Å²) < 4.78 is 37.7. The van der Waals surface area contributed by atoms with Gasteiger partial charge in [0.15, 0.2) is 5.82 Å². The predicted octanol–water partition coefficient (Wildman–Crippen LogP) is 10.8. The first-order valence-corrected chi connectivity index (χ1v) is 27.7. The molecule has 69 heavy (non-hydrogen) atoms. The molecular weight excluding hydrogens is 894 g/mol. The Hall–Kier alpha value is -6.45. The van der Waals surface area contributed by atoms with Gasteiger partial charge in [-0.3, -0.25) is 9.80 Å². The number of hydrogen-bond acceptors (Lipinski definition) is 7. The normalized spacial score (nSPS) is 17.9. The van der Waals surface area contributed by atoms with Crippen LogP contribution in [-0.4, -0.2) is 58.0 Å². The van der Waals surface area contributed by atoms with Crippen LogP contribution in [0, 0.1) is 5.82 Å². The smallest absolute Gasteiger partial charge is 0.330 e. The number of aromatic nitrogens is 2. The van der Waals surface area contributed by atoms with E-state index >= 15 is 9.18 Å². The van der Waals surface area contributed by atoms with E-state index in [4.69, 9.17) is 23.6 Å². The average Bonchev–Trinajstić information content (AvgIpc) is 3.35. The van der Waals surface area contributed by atoms with Crippen molar-refractivity contribution in [1.29, 1.82) is 0 Å². The molecule has 354 valence electrons. The number of carbonyl (C=O) groups is 1. The van der Waals surface area contributed by atoms with E-state index in [9.17, 15) is 0 Å². The first-order chi connectivity index (χ1) is 33.2. The molecule has 2 atom stereocenters. The van der Waals surface area contributed by atoms with Crippen molar-refractivity contribution in [2.75, 3.05) is 22.2 Å². The van der Waals surface area contributed by atoms with E-state index in [1.54, 1.807) is 23.2 Å². The number of methoxy groups -OCH3 is 1. The van der Waals surface area contributed by atoms with E-state index in [-0.39, 0.29) is 34.5 Å². The maximum absolute atomic E-state index is 16.2. The van der Waals surface area contributed by atoms with Gasteiger partial charge in [0.25, 0.3) is 16.6 Å². The lowest BCUT2D eigenvalue weighted by Crippen LogP contribution is -2.70. The Balaban J connectivity index is 1.23. The number of amides is 2. The van der Waals surface area contributed by atoms with Gasteiger partial charge in [0.1, 0.15) is 11.6 Å². The zero-order chi connectivity index (χ0) is 48.4. The number of para-hydroxylation sites is 1. The van der Waals surface area contributed by atoms with Crippen LogP contribution in [-0.2, 0) is 15.4 Å². The van der Waals surface area contributed by atoms with Crippen LogP contribution >= 0.6 is 0 Å². The summed E-state index contributed by atoms with van der Waals surface area (Å²) in [5, 5.41) is 7.38. The summed E-state index contributed by atoms with van der Waals surface area (Å²) in [6.07, 6.45) is 2.51. The van der Waals surface area contributed by atoms with Gasteiger partial charge >= 0.3 is 6.03 Å². The zero-order valence-corrected chi connectivity index (χ0v) is 42.6. The molecule has 2 aliphatic rings. The highest BCUT2D eigenvalue weighted by Crippen LogP contribution is 2.45. The Morgan fingerprint density at radius 1 is 0.623 bits per heavy atom. The van der Waals surface area contributed by atoms with E-state index in [0.29, 0.717) is 42.3 Å². The van der Waals surface area contributed by atoms with Gasteiger partial charge in [-0.05, 0) is 74.4 Å². The molecule has 0 radical (unpaired) electrons. The molecule has 9 rings (SSSR count). The molecule has 0 spiro atoms. The highest BCUT2D eigenvalue weighted by Gasteiger charge is 2.56. The third-order valence-corrected chi connectivity index (χ3v) is 24.0. The van der Waals surface area contributed by atoms with Gasteiger partial charge in [-0.25, -0.2) is 14.2 Å². The molecule has 1 aliphatic heterocycles. The van der Waals surface area contributed by atoms with E-state index in [0.717, 1.165) is 5.69 Å². The molecule has 2 amide bonds. The second kappa shape index (κ2) is 19.5. The van der Waals surface area contributed by atoms with Gasteiger partial charge in [-0.15, -0.1) is 0 Å². The Morgan fingerprint density at radius 2 is 1.07 bits per heavy atom. The van der Waals surface area contributed by atoms with Crippen LogP contribution < -0.4 is 40.6 Å². The molecule has 2 unspecified atom stereocenters. The first kappa shape index (κ1) is 47.6. The van der Waals surface area contributed by atoms with Crippen molar-refractivity contribution >= 4 is 66.6 Å². The minimum Gasteiger partial charge on any atom is -0.497 e. The van der Waals surface area contributed by atoms with Crippen molar-refractivity contribution in [3.8, 4) is 5.75 Å². The Kier molecular flexibility index (Phi) is 13.5. The SMILES string of the molecule is COc1ccc(N2Cc3cnc(Nc4ccccc4)nc3N(C3CC(O[Si](c4ccccc4)(c4ccccc4)C(C)(C)C)CC(O[Si](c4ccccc4)(c4ccccc4)C(C)(C)C)C3)C2=O)c(F)c1. The van der Waals surface area contributed by atoms with Crippen LogP contribution in [0.2, 0.25) is 10.1 Å². The fraction of sp³-hybridized carbons (Fsp3) is 0.281. The number of halogens is 1. The number of fused-ring (bicyclic) bond motifs is 1. The minimum absolute atomic E-state index is 0.0657. The van der Waals surface area contributed by atoms with Gasteiger partial charge < -0.3 is 18.9 Å². The summed E-state index contributed by atoms with van der Waals surface area (Å²) in [6.45, 7) is 13.8. The summed E-state index contributed by atoms with van der Waals surface area (Å²) in [5.41, 5.74) is 1.63. The molecule has 12 heteroatoms. The van der Waals surface area contributed by atoms with E-state index in [1.807, 2.05) is 30.3 Å². The lowest BCUT2D eigenvalue weighted by atomic mass is 9.89. The average molecular weight is 956 g/mol. The molecule has 0 saturated heterocycles. The predicted molar refractivity (Wildman–Crippen MR) is 281 cm³/mol. The second-order valence-electron chi connectivity index (χ2n) is 20.3. The van der Waals surface area contributed by atoms with Crippen molar-refractivity contribution in [1.82, 2.24) is 9.97 Å². The van der Waals surface area contributed by atoms with Gasteiger partial charge in [0.05, 0.1) is 31.5 Å². The molecule has 6 aromatic carbocycles. The molecule has 1 aromatic heterocycles. The van der Waals surface area contributed by atoms with Crippen molar-refractivity contribution in [3.05, 3.63) is 187 Å². The molecule has 7 aromatic rings. The zero-order valence-electron chi connectivity index (χ0n) is 40.6. The fourth-order valence-electron chi connectivity index (χ4n) is 10.7. The number of ether oxygens (including phenoxy) is 1. The molecule has 9 nitrogen and oxygen atoms in total. The highest BCUT2D eigenvalue weighted by molar-refractivity contribution is 7.00. The number of nitrogens with one attached hydrogen (secondary N) is 1. The summed E-state index contributed by atoms with van der Waals surface area (Å²) >= 11 is 0. The molecule has 1 fully saturated rings. The Labute approximate surface area is 408 Å². The van der Waals surface area contributed by atoms with Gasteiger partial charge in [-0.2, -0.15) is 4.98 Å². The summed E-state index contributed by atoms with van der Waals surface area (Å²) in [4.78, 5) is 28.8. The number of benzene rings is 6. The van der Waals surface area contributed by atoms with Crippen molar-refractivity contribution < 1.29 is 22.8 Å². The lowest BCUT2D eigenvalue weighted by Gasteiger charge is -2.51. The maximum Gasteiger partial charge on any atom is 0.330 e. The molecule has 1 aliphatic carbocycles. The maximum atomic E-state index is 16.2. The first-order valence-electron chi connectivity index (χ1n) is 23.9. The summed E-state index contributed by atoms with van der Waals surface area (Å²) in [7, 11) is -4.80. The third kappa shape index (κ3) is 9.26. The van der Waals surface area contributed by atoms with Gasteiger partial charge in [0.2, 0.25) is 5.95 Å². The largest absolute Gasteiger partial charge is 0.497 e. The number of urea groups is 1. The Morgan fingerprint density at radius 3 is 1.49 bits per heavy atom. The van der Waals surface area contributed by atoms with E-state index < -0.39 is 34.5 Å². The van der Waals surface area contributed by atoms with Crippen LogP contribution in [0.15, 0.2) is 176 Å². The van der Waals surface area contributed by atoms with Crippen LogP contribution in [0.4, 0.5) is 32.3 Å². The standard InChI is InChI=1S/C57H62FN5O4Si2/c1-56(2,3)68(47-25-15-9-16-26-47,48-27-17-10-18-28-48)66-45-35-43(36-46(37-45)67-69(57(4,5)6,49-29-19-11-20-30-49)50-31-21-12-22-32-50)63-53-41(39-59-54(61-53)60-42-23-13-8-14-24-42)40-62(55(63)64)52-34-33-44(65-7)38-51(52)58/h8-34,38-39,43,45-46H,35-37,40H2,1-7H3,(H,59,60,61). The number of rotatable bonds is 13. The van der Waals surface area contributed by atoms with Crippen LogP contribution in [0.1, 0.15) is 66.4 Å². The van der Waals surface area contributed by atoms with E-state index in [1.165, 1.54) is 38.8 Å². The highest BCUT2D eigenvalue weighted by atomic mass is 28.4.